The van der Waals surface area contributed by atoms with Crippen LogP contribution < -0.4 is 5.32 Å². The van der Waals surface area contributed by atoms with Gasteiger partial charge in [0.05, 0.1) is 4.90 Å². The van der Waals surface area contributed by atoms with E-state index in [1.807, 2.05) is 25.3 Å². The molecular formula is C19H20N2O4S2. The molecule has 1 aliphatic heterocycles. The number of amides is 2. The topological polar surface area (TPSA) is 83.6 Å². The molecule has 0 radical (unpaired) electrons. The zero-order chi connectivity index (χ0) is 19.6. The minimum absolute atomic E-state index is 0.00512. The van der Waals surface area contributed by atoms with Crippen molar-refractivity contribution in [3.63, 3.8) is 0 Å². The van der Waals surface area contributed by atoms with Gasteiger partial charge in [0.15, 0.2) is 0 Å². The highest BCUT2D eigenvalue weighted by Gasteiger charge is 2.44. The average Bonchev–Trinajstić information content (AvgIpc) is 3.05. The fourth-order valence-corrected chi connectivity index (χ4v) is 5.01. The van der Waals surface area contributed by atoms with Gasteiger partial charge in [-0.2, -0.15) is 0 Å². The third-order valence-electron chi connectivity index (χ3n) is 4.38. The minimum atomic E-state index is -4.09. The third-order valence-corrected chi connectivity index (χ3v) is 6.95. The van der Waals surface area contributed by atoms with E-state index in [2.05, 4.69) is 5.32 Å². The van der Waals surface area contributed by atoms with Gasteiger partial charge in [0.1, 0.15) is 6.04 Å². The van der Waals surface area contributed by atoms with Crippen molar-refractivity contribution < 1.29 is 18.0 Å². The van der Waals surface area contributed by atoms with E-state index in [0.29, 0.717) is 5.69 Å². The second kappa shape index (κ2) is 7.74. The van der Waals surface area contributed by atoms with Gasteiger partial charge in [0, 0.05) is 17.0 Å². The van der Waals surface area contributed by atoms with Crippen LogP contribution in [0.5, 0.6) is 0 Å². The summed E-state index contributed by atoms with van der Waals surface area (Å²) in [5.74, 6) is -1.07. The van der Waals surface area contributed by atoms with Crippen molar-refractivity contribution in [3.8, 4) is 0 Å². The molecule has 1 saturated heterocycles. The van der Waals surface area contributed by atoms with Crippen LogP contribution >= 0.6 is 11.8 Å². The second-order valence-electron chi connectivity index (χ2n) is 6.28. The zero-order valence-electron chi connectivity index (χ0n) is 15.0. The molecule has 0 bridgehead atoms. The Balaban J connectivity index is 1.87. The van der Waals surface area contributed by atoms with Crippen LogP contribution in [0, 0.1) is 6.92 Å². The lowest BCUT2D eigenvalue weighted by Gasteiger charge is -2.24. The fraction of sp³-hybridized carbons (Fsp3) is 0.263. The van der Waals surface area contributed by atoms with Crippen LogP contribution in [0.2, 0.25) is 0 Å². The van der Waals surface area contributed by atoms with Gasteiger partial charge in [0.25, 0.3) is 10.0 Å². The molecule has 1 fully saturated rings. The monoisotopic (exact) mass is 404 g/mol. The normalized spacial score (nSPS) is 17.2. The highest BCUT2D eigenvalue weighted by atomic mass is 32.2. The third kappa shape index (κ3) is 4.01. The highest BCUT2D eigenvalue weighted by Crippen LogP contribution is 2.28. The number of nitrogens with zero attached hydrogens (tertiary/aromatic N) is 1. The second-order valence-corrected chi connectivity index (χ2v) is 8.98. The van der Waals surface area contributed by atoms with E-state index in [1.54, 1.807) is 24.3 Å². The summed E-state index contributed by atoms with van der Waals surface area (Å²) in [5, 5.41) is 2.73. The van der Waals surface area contributed by atoms with Gasteiger partial charge >= 0.3 is 0 Å². The first kappa shape index (κ1) is 19.4. The Hall–Kier alpha value is -2.32. The molecule has 6 nitrogen and oxygen atoms in total. The summed E-state index contributed by atoms with van der Waals surface area (Å²) >= 11 is 1.53. The number of anilines is 1. The molecule has 1 heterocycles. The molecule has 0 unspecified atom stereocenters. The average molecular weight is 405 g/mol. The van der Waals surface area contributed by atoms with Crippen LogP contribution in [0.3, 0.4) is 0 Å². The molecule has 27 heavy (non-hydrogen) atoms. The maximum atomic E-state index is 12.9. The van der Waals surface area contributed by atoms with Gasteiger partial charge in [0.2, 0.25) is 11.8 Å². The summed E-state index contributed by atoms with van der Waals surface area (Å²) in [5.41, 5.74) is 1.48. The molecule has 0 saturated carbocycles. The Kier molecular flexibility index (Phi) is 5.57. The van der Waals surface area contributed by atoms with Gasteiger partial charge in [-0.3, -0.25) is 9.59 Å². The van der Waals surface area contributed by atoms with Gasteiger partial charge in [-0.05, 0) is 49.9 Å². The SMILES string of the molecule is CSc1cccc(NC(=O)[C@@H]2CCC(=O)N2S(=O)(=O)c2ccc(C)cc2)c1. The first-order chi connectivity index (χ1) is 12.8. The summed E-state index contributed by atoms with van der Waals surface area (Å²) in [6.45, 7) is 1.84. The number of rotatable bonds is 5. The molecule has 0 aliphatic carbocycles. The standard InChI is InChI=1S/C19H20N2O4S2/c1-13-6-8-16(9-7-13)27(24,25)21-17(10-11-18(21)22)19(23)20-14-4-3-5-15(12-14)26-2/h3-9,12,17H,10-11H2,1-2H3,(H,20,23)/t17-/m0/s1. The molecule has 1 aliphatic rings. The van der Waals surface area contributed by atoms with Crippen molar-refractivity contribution in [1.82, 2.24) is 4.31 Å². The minimum Gasteiger partial charge on any atom is -0.324 e. The van der Waals surface area contributed by atoms with E-state index in [1.165, 1.54) is 23.9 Å². The lowest BCUT2D eigenvalue weighted by molar-refractivity contribution is -0.128. The smallest absolute Gasteiger partial charge is 0.267 e. The van der Waals surface area contributed by atoms with Crippen LogP contribution in [-0.4, -0.2) is 36.8 Å². The lowest BCUT2D eigenvalue weighted by atomic mass is 10.2. The molecule has 2 aromatic carbocycles. The number of thioether (sulfide) groups is 1. The number of nitrogens with one attached hydrogen (secondary N) is 1. The lowest BCUT2D eigenvalue weighted by Crippen LogP contribution is -2.45. The number of carbonyl (C=O) groups is 2. The first-order valence-corrected chi connectivity index (χ1v) is 11.1. The number of hydrogen-bond donors (Lipinski definition) is 1. The Morgan fingerprint density at radius 1 is 1.19 bits per heavy atom. The molecule has 2 aromatic rings. The van der Waals surface area contributed by atoms with Crippen molar-refractivity contribution in [2.75, 3.05) is 11.6 Å². The maximum absolute atomic E-state index is 12.9. The summed E-state index contributed by atoms with van der Waals surface area (Å²) in [4.78, 5) is 26.0. The van der Waals surface area contributed by atoms with E-state index in [0.717, 1.165) is 14.8 Å². The van der Waals surface area contributed by atoms with Crippen molar-refractivity contribution in [3.05, 3.63) is 54.1 Å². The van der Waals surface area contributed by atoms with Crippen molar-refractivity contribution in [2.24, 2.45) is 0 Å². The van der Waals surface area contributed by atoms with Gasteiger partial charge in [-0.1, -0.05) is 23.8 Å². The fourth-order valence-electron chi connectivity index (χ4n) is 2.95. The molecule has 0 aromatic heterocycles. The van der Waals surface area contributed by atoms with Gasteiger partial charge < -0.3 is 5.32 Å². The number of benzene rings is 2. The molecule has 142 valence electrons. The number of aryl methyl sites for hydroxylation is 1. The number of carbonyl (C=O) groups excluding carboxylic acids is 2. The van der Waals surface area contributed by atoms with Crippen molar-refractivity contribution in [1.29, 1.82) is 0 Å². The summed E-state index contributed by atoms with van der Waals surface area (Å²) < 4.78 is 26.6. The quantitative estimate of drug-likeness (QED) is 0.775. The molecule has 1 atom stereocenters. The number of hydrogen-bond acceptors (Lipinski definition) is 5. The van der Waals surface area contributed by atoms with E-state index in [4.69, 9.17) is 0 Å². The maximum Gasteiger partial charge on any atom is 0.267 e. The Morgan fingerprint density at radius 2 is 1.89 bits per heavy atom. The Morgan fingerprint density at radius 3 is 2.56 bits per heavy atom. The molecule has 3 rings (SSSR count). The van der Waals surface area contributed by atoms with Crippen LogP contribution in [-0.2, 0) is 19.6 Å². The molecule has 1 N–H and O–H groups in total. The molecule has 8 heteroatoms. The number of sulfonamides is 1. The predicted octanol–water partition coefficient (Wildman–Crippen LogP) is 3.04. The highest BCUT2D eigenvalue weighted by molar-refractivity contribution is 7.98. The summed E-state index contributed by atoms with van der Waals surface area (Å²) in [6, 6.07) is 12.4. The van der Waals surface area contributed by atoms with Crippen LogP contribution in [0.15, 0.2) is 58.3 Å². The molecule has 2 amide bonds. The predicted molar refractivity (Wildman–Crippen MR) is 105 cm³/mol. The van der Waals surface area contributed by atoms with E-state index >= 15 is 0 Å². The van der Waals surface area contributed by atoms with E-state index in [-0.39, 0.29) is 17.7 Å². The summed E-state index contributed by atoms with van der Waals surface area (Å²) in [6.07, 6.45) is 2.11. The van der Waals surface area contributed by atoms with Crippen molar-refractivity contribution in [2.45, 2.75) is 35.6 Å². The Labute approximate surface area is 163 Å². The van der Waals surface area contributed by atoms with E-state index < -0.39 is 27.9 Å². The van der Waals surface area contributed by atoms with E-state index in [9.17, 15) is 18.0 Å². The van der Waals surface area contributed by atoms with Gasteiger partial charge in [-0.15, -0.1) is 11.8 Å². The zero-order valence-corrected chi connectivity index (χ0v) is 16.6. The largest absolute Gasteiger partial charge is 0.324 e. The van der Waals surface area contributed by atoms with Crippen LogP contribution in [0.25, 0.3) is 0 Å². The first-order valence-electron chi connectivity index (χ1n) is 8.42. The van der Waals surface area contributed by atoms with Crippen LogP contribution in [0.1, 0.15) is 18.4 Å². The Bertz CT molecular complexity index is 971. The van der Waals surface area contributed by atoms with Crippen LogP contribution in [0.4, 0.5) is 5.69 Å². The molecule has 0 spiro atoms. The van der Waals surface area contributed by atoms with Gasteiger partial charge in [-0.25, -0.2) is 12.7 Å². The summed E-state index contributed by atoms with van der Waals surface area (Å²) in [7, 11) is -4.09. The van der Waals surface area contributed by atoms with Crippen molar-refractivity contribution >= 4 is 39.3 Å². The molecular weight excluding hydrogens is 384 g/mol.